The molecule has 2 nitrogen and oxygen atoms in total. The van der Waals surface area contributed by atoms with Crippen molar-refractivity contribution in [3.63, 3.8) is 0 Å². The zero-order chi connectivity index (χ0) is 14.9. The van der Waals surface area contributed by atoms with Crippen molar-refractivity contribution in [2.45, 2.75) is 12.5 Å². The summed E-state index contributed by atoms with van der Waals surface area (Å²) < 4.78 is 13.2. The molecule has 3 heterocycles. The number of hydrogen-bond donors (Lipinski definition) is 0. The molecular formula is C17H13FN2S2. The summed E-state index contributed by atoms with van der Waals surface area (Å²) in [7, 11) is 0. The number of rotatable bonds is 3. The zero-order valence-electron chi connectivity index (χ0n) is 11.6. The number of anilines is 1. The first-order valence-electron chi connectivity index (χ1n) is 7.01. The van der Waals surface area contributed by atoms with Crippen LogP contribution in [0.4, 0.5) is 10.1 Å². The Kier molecular flexibility index (Phi) is 3.52. The summed E-state index contributed by atoms with van der Waals surface area (Å²) >= 11 is 3.44. The fourth-order valence-electron chi connectivity index (χ4n) is 2.64. The summed E-state index contributed by atoms with van der Waals surface area (Å²) in [6.07, 6.45) is 0.873. The minimum absolute atomic E-state index is 0.183. The van der Waals surface area contributed by atoms with Crippen LogP contribution in [0, 0.1) is 5.82 Å². The van der Waals surface area contributed by atoms with E-state index < -0.39 is 0 Å². The topological polar surface area (TPSA) is 15.6 Å². The van der Waals surface area contributed by atoms with Gasteiger partial charge in [0.2, 0.25) is 0 Å². The Morgan fingerprint density at radius 2 is 1.77 bits per heavy atom. The minimum Gasteiger partial charge on any atom is -0.257 e. The molecule has 0 saturated heterocycles. The van der Waals surface area contributed by atoms with Crippen LogP contribution >= 0.6 is 22.7 Å². The van der Waals surface area contributed by atoms with Gasteiger partial charge in [-0.15, -0.1) is 22.7 Å². The van der Waals surface area contributed by atoms with Crippen LogP contribution < -0.4 is 5.01 Å². The highest BCUT2D eigenvalue weighted by molar-refractivity contribution is 7.12. The molecule has 1 aliphatic rings. The Morgan fingerprint density at radius 3 is 2.45 bits per heavy atom. The smallest absolute Gasteiger partial charge is 0.123 e. The lowest BCUT2D eigenvalue weighted by Crippen LogP contribution is -2.17. The van der Waals surface area contributed by atoms with Gasteiger partial charge < -0.3 is 0 Å². The highest BCUT2D eigenvalue weighted by Gasteiger charge is 2.30. The molecule has 4 rings (SSSR count). The zero-order valence-corrected chi connectivity index (χ0v) is 13.3. The monoisotopic (exact) mass is 328 g/mol. The largest absolute Gasteiger partial charge is 0.257 e. The van der Waals surface area contributed by atoms with Gasteiger partial charge in [0, 0.05) is 11.3 Å². The van der Waals surface area contributed by atoms with Crippen LogP contribution in [0.1, 0.15) is 22.2 Å². The van der Waals surface area contributed by atoms with Gasteiger partial charge in [0.1, 0.15) is 5.82 Å². The predicted molar refractivity (Wildman–Crippen MR) is 91.4 cm³/mol. The maximum Gasteiger partial charge on any atom is 0.123 e. The fourth-order valence-corrected chi connectivity index (χ4v) is 4.17. The summed E-state index contributed by atoms with van der Waals surface area (Å²) in [5.74, 6) is -0.224. The summed E-state index contributed by atoms with van der Waals surface area (Å²) in [6, 6.07) is 15.1. The van der Waals surface area contributed by atoms with E-state index in [9.17, 15) is 4.39 Å². The van der Waals surface area contributed by atoms with Crippen LogP contribution in [-0.2, 0) is 0 Å². The lowest BCUT2D eigenvalue weighted by Gasteiger charge is -2.22. The third kappa shape index (κ3) is 2.46. The molecule has 0 saturated carbocycles. The van der Waals surface area contributed by atoms with E-state index in [0.29, 0.717) is 0 Å². The molecule has 3 aromatic rings. The highest BCUT2D eigenvalue weighted by atomic mass is 32.1. The van der Waals surface area contributed by atoms with E-state index >= 15 is 0 Å². The van der Waals surface area contributed by atoms with Gasteiger partial charge in [-0.1, -0.05) is 12.1 Å². The molecule has 1 aromatic carbocycles. The van der Waals surface area contributed by atoms with E-state index in [1.54, 1.807) is 34.8 Å². The first-order valence-corrected chi connectivity index (χ1v) is 8.77. The lowest BCUT2D eigenvalue weighted by molar-refractivity contribution is 0.626. The first kappa shape index (κ1) is 13.7. The van der Waals surface area contributed by atoms with Gasteiger partial charge >= 0.3 is 0 Å². The molecule has 0 spiro atoms. The number of thiophene rings is 2. The van der Waals surface area contributed by atoms with Crippen LogP contribution in [0.2, 0.25) is 0 Å². The predicted octanol–water partition coefficient (Wildman–Crippen LogP) is 5.30. The van der Waals surface area contributed by atoms with Gasteiger partial charge in [-0.05, 0) is 47.2 Å². The maximum absolute atomic E-state index is 13.2. The van der Waals surface area contributed by atoms with Gasteiger partial charge in [-0.25, -0.2) is 4.39 Å². The van der Waals surface area contributed by atoms with E-state index in [-0.39, 0.29) is 11.9 Å². The molecule has 1 atom stereocenters. The second kappa shape index (κ2) is 5.66. The molecule has 0 unspecified atom stereocenters. The quantitative estimate of drug-likeness (QED) is 0.636. The third-order valence-corrected chi connectivity index (χ3v) is 5.57. The van der Waals surface area contributed by atoms with Crippen LogP contribution in [0.25, 0.3) is 0 Å². The molecule has 0 bridgehead atoms. The number of hydrazone groups is 1. The average Bonchev–Trinajstić information content (AvgIpc) is 3.27. The molecule has 5 heteroatoms. The van der Waals surface area contributed by atoms with Crippen molar-refractivity contribution in [2.75, 3.05) is 5.01 Å². The van der Waals surface area contributed by atoms with E-state index in [2.05, 4.69) is 29.0 Å². The Balaban J connectivity index is 1.74. The molecular weight excluding hydrogens is 315 g/mol. The molecule has 0 radical (unpaired) electrons. The first-order chi connectivity index (χ1) is 10.8. The number of hydrogen-bond acceptors (Lipinski definition) is 4. The lowest BCUT2D eigenvalue weighted by atomic mass is 10.1. The van der Waals surface area contributed by atoms with Crippen molar-refractivity contribution < 1.29 is 4.39 Å². The van der Waals surface area contributed by atoms with Crippen molar-refractivity contribution in [1.82, 2.24) is 0 Å². The van der Waals surface area contributed by atoms with Crippen molar-refractivity contribution >= 4 is 34.1 Å². The number of halogens is 1. The van der Waals surface area contributed by atoms with E-state index in [4.69, 9.17) is 5.10 Å². The van der Waals surface area contributed by atoms with Gasteiger partial charge in [0.05, 0.1) is 22.3 Å². The third-order valence-electron chi connectivity index (χ3n) is 3.68. The van der Waals surface area contributed by atoms with Crippen molar-refractivity contribution in [3.8, 4) is 0 Å². The Hall–Kier alpha value is -1.98. The average molecular weight is 328 g/mol. The Morgan fingerprint density at radius 1 is 1.00 bits per heavy atom. The van der Waals surface area contributed by atoms with Crippen molar-refractivity contribution in [2.24, 2.45) is 5.10 Å². The minimum atomic E-state index is -0.224. The SMILES string of the molecule is Fc1ccc(N2N=C(c3cccs3)C[C@@H]2c2cccs2)cc1. The fraction of sp³-hybridized carbons (Fsp3) is 0.118. The molecule has 22 heavy (non-hydrogen) atoms. The van der Waals surface area contributed by atoms with Crippen LogP contribution in [0.5, 0.6) is 0 Å². The molecule has 110 valence electrons. The summed E-state index contributed by atoms with van der Waals surface area (Å²) in [6.45, 7) is 0. The summed E-state index contributed by atoms with van der Waals surface area (Å²) in [5.41, 5.74) is 2.02. The summed E-state index contributed by atoms with van der Waals surface area (Å²) in [4.78, 5) is 2.48. The van der Waals surface area contributed by atoms with Crippen molar-refractivity contribution in [3.05, 3.63) is 74.9 Å². The van der Waals surface area contributed by atoms with Gasteiger partial charge in [0.25, 0.3) is 0 Å². The molecule has 0 N–H and O–H groups in total. The normalized spacial score (nSPS) is 17.8. The Labute approximate surface area is 136 Å². The highest BCUT2D eigenvalue weighted by Crippen LogP contribution is 2.38. The second-order valence-corrected chi connectivity index (χ2v) is 7.01. The van der Waals surface area contributed by atoms with Crippen molar-refractivity contribution in [1.29, 1.82) is 0 Å². The molecule has 2 aromatic heterocycles. The number of nitrogens with zero attached hydrogens (tertiary/aromatic N) is 2. The standard InChI is InChI=1S/C17H13FN2S2/c18-12-5-7-13(8-6-12)20-15(17-4-2-10-22-17)11-14(19-20)16-3-1-9-21-16/h1-10,15H,11H2/t15-/m1/s1. The molecule has 0 aliphatic carbocycles. The second-order valence-electron chi connectivity index (χ2n) is 5.08. The molecule has 0 fully saturated rings. The van der Waals surface area contributed by atoms with Gasteiger partial charge in [-0.3, -0.25) is 5.01 Å². The Bertz CT molecular complexity index is 777. The van der Waals surface area contributed by atoms with Crippen LogP contribution in [-0.4, -0.2) is 5.71 Å². The maximum atomic E-state index is 13.2. The van der Waals surface area contributed by atoms with E-state index in [1.165, 1.54) is 21.9 Å². The van der Waals surface area contributed by atoms with Gasteiger partial charge in [-0.2, -0.15) is 5.10 Å². The van der Waals surface area contributed by atoms with E-state index in [1.807, 2.05) is 11.1 Å². The van der Waals surface area contributed by atoms with Gasteiger partial charge in [0.15, 0.2) is 0 Å². The van der Waals surface area contributed by atoms with Crippen LogP contribution in [0.15, 0.2) is 64.4 Å². The van der Waals surface area contributed by atoms with E-state index in [0.717, 1.165) is 17.8 Å². The summed E-state index contributed by atoms with van der Waals surface area (Å²) in [5, 5.41) is 11.0. The van der Waals surface area contributed by atoms with Crippen LogP contribution in [0.3, 0.4) is 0 Å². The number of benzene rings is 1. The molecule has 1 aliphatic heterocycles. The molecule has 0 amide bonds.